The highest BCUT2D eigenvalue weighted by Crippen LogP contribution is 2.10. The lowest BCUT2D eigenvalue weighted by molar-refractivity contribution is -0.140. The minimum atomic E-state index is 0. The molecule has 0 saturated carbocycles. The third-order valence-corrected chi connectivity index (χ3v) is 4.45. The molecule has 1 aliphatic rings. The largest absolute Gasteiger partial charge is 0.370 e. The van der Waals surface area contributed by atoms with E-state index in [0.717, 1.165) is 38.8 Å². The van der Waals surface area contributed by atoms with E-state index in [-0.39, 0.29) is 35.8 Å². The number of unbranched alkanes of at least 4 members (excludes halogenated alkanes) is 2. The van der Waals surface area contributed by atoms with Gasteiger partial charge in [-0.05, 0) is 25.2 Å². The van der Waals surface area contributed by atoms with Crippen molar-refractivity contribution in [2.24, 2.45) is 16.6 Å². The summed E-state index contributed by atoms with van der Waals surface area (Å²) in [6, 6.07) is 0. The lowest BCUT2D eigenvalue weighted by Crippen LogP contribution is -2.50. The molecule has 1 rings (SSSR count). The lowest BCUT2D eigenvalue weighted by atomic mass is 10.1. The second-order valence-electron chi connectivity index (χ2n) is 7.36. The highest BCUT2D eigenvalue weighted by atomic mass is 127. The van der Waals surface area contributed by atoms with Crippen LogP contribution in [-0.2, 0) is 9.59 Å². The highest BCUT2D eigenvalue weighted by Gasteiger charge is 2.23. The first-order valence-electron chi connectivity index (χ1n) is 10.0. The van der Waals surface area contributed by atoms with Crippen molar-refractivity contribution < 1.29 is 9.59 Å². The van der Waals surface area contributed by atoms with Crippen LogP contribution >= 0.6 is 24.0 Å². The molecule has 0 aromatic carbocycles. The molecule has 0 spiro atoms. The molecular weight excluding hydrogens is 457 g/mol. The summed E-state index contributed by atoms with van der Waals surface area (Å²) in [7, 11) is 0. The van der Waals surface area contributed by atoms with Crippen molar-refractivity contribution in [3.63, 3.8) is 0 Å². The van der Waals surface area contributed by atoms with Crippen LogP contribution in [0.4, 0.5) is 0 Å². The van der Waals surface area contributed by atoms with Crippen LogP contribution in [0, 0.1) is 5.92 Å². The Morgan fingerprint density at radius 3 is 2.19 bits per heavy atom. The maximum Gasteiger partial charge on any atom is 0.222 e. The molecule has 158 valence electrons. The molecule has 8 heteroatoms. The highest BCUT2D eigenvalue weighted by molar-refractivity contribution is 14.0. The molecule has 0 unspecified atom stereocenters. The van der Waals surface area contributed by atoms with Crippen LogP contribution in [0.25, 0.3) is 0 Å². The number of halogens is 1. The fraction of sp³-hybridized carbons (Fsp3) is 0.842. The Labute approximate surface area is 181 Å². The maximum atomic E-state index is 12.3. The number of hydrogen-bond donors (Lipinski definition) is 2. The van der Waals surface area contributed by atoms with E-state index in [2.05, 4.69) is 31.1 Å². The third kappa shape index (κ3) is 11.4. The minimum Gasteiger partial charge on any atom is -0.370 e. The van der Waals surface area contributed by atoms with Gasteiger partial charge in [-0.15, -0.1) is 24.0 Å². The molecule has 0 atom stereocenters. The van der Waals surface area contributed by atoms with Crippen molar-refractivity contribution in [3.8, 4) is 0 Å². The van der Waals surface area contributed by atoms with E-state index in [4.69, 9.17) is 5.73 Å². The molecule has 0 aromatic heterocycles. The molecule has 0 aliphatic carbocycles. The van der Waals surface area contributed by atoms with Gasteiger partial charge in [-0.25, -0.2) is 0 Å². The minimum absolute atomic E-state index is 0. The Morgan fingerprint density at radius 2 is 1.63 bits per heavy atom. The second-order valence-corrected chi connectivity index (χ2v) is 7.36. The Kier molecular flexibility index (Phi) is 14.3. The zero-order chi connectivity index (χ0) is 19.4. The van der Waals surface area contributed by atoms with Crippen molar-refractivity contribution in [1.82, 2.24) is 15.1 Å². The van der Waals surface area contributed by atoms with Gasteiger partial charge in [0, 0.05) is 52.1 Å². The summed E-state index contributed by atoms with van der Waals surface area (Å²) in [6.45, 7) is 10.4. The number of nitrogens with two attached hydrogens (primary N) is 1. The predicted molar refractivity (Wildman–Crippen MR) is 121 cm³/mol. The van der Waals surface area contributed by atoms with Crippen LogP contribution in [0.15, 0.2) is 4.99 Å². The van der Waals surface area contributed by atoms with Crippen molar-refractivity contribution in [2.45, 2.75) is 59.3 Å². The number of piperazine rings is 1. The Morgan fingerprint density at radius 1 is 1.04 bits per heavy atom. The number of carbonyl (C=O) groups excluding carboxylic acids is 2. The molecule has 1 saturated heterocycles. The Hall–Kier alpha value is -1.06. The van der Waals surface area contributed by atoms with Crippen LogP contribution in [-0.4, -0.2) is 66.8 Å². The third-order valence-electron chi connectivity index (χ3n) is 4.45. The van der Waals surface area contributed by atoms with E-state index in [1.807, 2.05) is 9.80 Å². The molecule has 0 bridgehead atoms. The molecule has 0 radical (unpaired) electrons. The Bertz CT molecular complexity index is 463. The van der Waals surface area contributed by atoms with Gasteiger partial charge in [0.15, 0.2) is 5.96 Å². The Balaban J connectivity index is 0.00000676. The first-order chi connectivity index (χ1) is 12.4. The molecule has 27 heavy (non-hydrogen) atoms. The maximum absolute atomic E-state index is 12.3. The molecule has 7 nitrogen and oxygen atoms in total. The number of amides is 2. The number of nitrogens with zero attached hydrogens (tertiary/aromatic N) is 3. The molecular formula is C19H38IN5O2. The van der Waals surface area contributed by atoms with Crippen molar-refractivity contribution in [2.75, 3.05) is 39.3 Å². The molecule has 1 fully saturated rings. The number of nitrogens with one attached hydrogen (secondary N) is 1. The average molecular weight is 495 g/mol. The molecule has 2 amide bonds. The van der Waals surface area contributed by atoms with E-state index in [0.29, 0.717) is 50.9 Å². The molecule has 1 heterocycles. The SMILES string of the molecule is CCCN=C(N)NCCCCCC(=O)N1CCN(C(=O)CC(C)C)CC1.I. The van der Waals surface area contributed by atoms with Gasteiger partial charge in [0.05, 0.1) is 0 Å². The van der Waals surface area contributed by atoms with Crippen molar-refractivity contribution in [1.29, 1.82) is 0 Å². The smallest absolute Gasteiger partial charge is 0.222 e. The summed E-state index contributed by atoms with van der Waals surface area (Å²) in [4.78, 5) is 32.3. The van der Waals surface area contributed by atoms with E-state index < -0.39 is 0 Å². The lowest BCUT2D eigenvalue weighted by Gasteiger charge is -2.35. The van der Waals surface area contributed by atoms with Gasteiger partial charge in [-0.1, -0.05) is 27.2 Å². The number of carbonyl (C=O) groups is 2. The fourth-order valence-corrected chi connectivity index (χ4v) is 2.92. The predicted octanol–water partition coefficient (Wildman–Crippen LogP) is 2.20. The first kappa shape index (κ1) is 25.9. The van der Waals surface area contributed by atoms with Crippen LogP contribution in [0.5, 0.6) is 0 Å². The summed E-state index contributed by atoms with van der Waals surface area (Å²) in [5.74, 6) is 1.30. The van der Waals surface area contributed by atoms with Gasteiger partial charge < -0.3 is 20.9 Å². The van der Waals surface area contributed by atoms with Gasteiger partial charge >= 0.3 is 0 Å². The molecule has 0 aromatic rings. The van der Waals surface area contributed by atoms with Crippen LogP contribution < -0.4 is 11.1 Å². The molecule has 1 aliphatic heterocycles. The fourth-order valence-electron chi connectivity index (χ4n) is 2.92. The zero-order valence-corrected chi connectivity index (χ0v) is 19.5. The zero-order valence-electron chi connectivity index (χ0n) is 17.2. The van der Waals surface area contributed by atoms with Crippen LogP contribution in [0.1, 0.15) is 59.3 Å². The van der Waals surface area contributed by atoms with E-state index in [9.17, 15) is 9.59 Å². The van der Waals surface area contributed by atoms with Gasteiger partial charge in [0.2, 0.25) is 11.8 Å². The van der Waals surface area contributed by atoms with Gasteiger partial charge in [0.25, 0.3) is 0 Å². The summed E-state index contributed by atoms with van der Waals surface area (Å²) in [6.07, 6.45) is 5.03. The standard InChI is InChI=1S/C19H37N5O2.HI/c1-4-9-21-19(20)22-10-7-5-6-8-17(25)23-11-13-24(14-12-23)18(26)15-16(2)3;/h16H,4-15H2,1-3H3,(H3,20,21,22);1H. The van der Waals surface area contributed by atoms with E-state index in [1.165, 1.54) is 0 Å². The average Bonchev–Trinajstić information content (AvgIpc) is 2.62. The first-order valence-corrected chi connectivity index (χ1v) is 10.0. The van der Waals surface area contributed by atoms with Crippen molar-refractivity contribution in [3.05, 3.63) is 0 Å². The molecule has 3 N–H and O–H groups in total. The van der Waals surface area contributed by atoms with Gasteiger partial charge in [0.1, 0.15) is 0 Å². The second kappa shape index (κ2) is 14.9. The number of rotatable bonds is 10. The summed E-state index contributed by atoms with van der Waals surface area (Å²) in [5.41, 5.74) is 5.73. The number of aliphatic imine (C=N–C) groups is 1. The van der Waals surface area contributed by atoms with Crippen LogP contribution in [0.2, 0.25) is 0 Å². The normalized spacial score (nSPS) is 14.9. The van der Waals surface area contributed by atoms with E-state index >= 15 is 0 Å². The van der Waals surface area contributed by atoms with E-state index in [1.54, 1.807) is 0 Å². The number of guanidine groups is 1. The topological polar surface area (TPSA) is 91.0 Å². The monoisotopic (exact) mass is 495 g/mol. The summed E-state index contributed by atoms with van der Waals surface area (Å²) in [5, 5.41) is 3.09. The van der Waals surface area contributed by atoms with Crippen LogP contribution in [0.3, 0.4) is 0 Å². The van der Waals surface area contributed by atoms with Crippen molar-refractivity contribution >= 4 is 41.8 Å². The summed E-state index contributed by atoms with van der Waals surface area (Å²) >= 11 is 0. The number of hydrogen-bond acceptors (Lipinski definition) is 3. The summed E-state index contributed by atoms with van der Waals surface area (Å²) < 4.78 is 0. The quantitative estimate of drug-likeness (QED) is 0.211. The van der Waals surface area contributed by atoms with Gasteiger partial charge in [-0.2, -0.15) is 0 Å². The van der Waals surface area contributed by atoms with Gasteiger partial charge in [-0.3, -0.25) is 14.6 Å².